The van der Waals surface area contributed by atoms with E-state index in [0.29, 0.717) is 12.2 Å². The van der Waals surface area contributed by atoms with E-state index in [0.717, 1.165) is 15.8 Å². The van der Waals surface area contributed by atoms with Crippen molar-refractivity contribution in [3.63, 3.8) is 0 Å². The average molecular weight is 532 g/mol. The first-order valence-corrected chi connectivity index (χ1v) is 12.4. The van der Waals surface area contributed by atoms with Gasteiger partial charge in [-0.3, -0.25) is 9.52 Å². The van der Waals surface area contributed by atoms with Gasteiger partial charge in [0.25, 0.3) is 15.9 Å². The molecule has 0 saturated heterocycles. The predicted octanol–water partition coefficient (Wildman–Crippen LogP) is 4.29. The number of sulfonamides is 1. The number of rotatable bonds is 9. The third kappa shape index (κ3) is 6.56. The molecule has 2 N–H and O–H groups in total. The molecule has 1 unspecified atom stereocenters. The highest BCUT2D eigenvalue weighted by atomic mass is 79.9. The quantitative estimate of drug-likeness (QED) is 0.430. The number of hydrogen-bond acceptors (Lipinski definition) is 5. The van der Waals surface area contributed by atoms with Gasteiger partial charge in [0.2, 0.25) is 0 Å². The van der Waals surface area contributed by atoms with Crippen molar-refractivity contribution in [3.8, 4) is 5.75 Å². The molecule has 0 fully saturated rings. The van der Waals surface area contributed by atoms with Crippen molar-refractivity contribution in [3.05, 3.63) is 88.4 Å². The topological polar surface area (TPSA) is 87.7 Å². The SMILES string of the molecule is COc1ccc(C(CNC(=O)c2cccc(S(=O)(=O)Nc3ccc(Br)cc3)c2)N(C)C)cc1. The molecule has 0 aromatic heterocycles. The average Bonchev–Trinajstić information content (AvgIpc) is 2.80. The molecule has 0 bridgehead atoms. The highest BCUT2D eigenvalue weighted by molar-refractivity contribution is 9.10. The van der Waals surface area contributed by atoms with E-state index in [-0.39, 0.29) is 22.4 Å². The van der Waals surface area contributed by atoms with Gasteiger partial charge in [-0.25, -0.2) is 8.42 Å². The van der Waals surface area contributed by atoms with Crippen LogP contribution in [0.4, 0.5) is 5.69 Å². The van der Waals surface area contributed by atoms with E-state index >= 15 is 0 Å². The molecular weight excluding hydrogens is 506 g/mol. The van der Waals surface area contributed by atoms with E-state index in [2.05, 4.69) is 26.0 Å². The Morgan fingerprint density at radius 3 is 2.30 bits per heavy atom. The van der Waals surface area contributed by atoms with Crippen LogP contribution in [0.5, 0.6) is 5.75 Å². The number of benzene rings is 3. The molecule has 9 heteroatoms. The van der Waals surface area contributed by atoms with Crippen LogP contribution < -0.4 is 14.8 Å². The standard InChI is InChI=1S/C24H26BrN3O4S/c1-28(2)23(17-7-13-21(32-3)14-8-17)16-26-24(29)18-5-4-6-22(15-18)33(30,31)27-20-11-9-19(25)10-12-20/h4-15,23,27H,16H2,1-3H3,(H,26,29). The summed E-state index contributed by atoms with van der Waals surface area (Å²) >= 11 is 3.32. The Kier molecular flexibility index (Phi) is 8.12. The van der Waals surface area contributed by atoms with Crippen LogP contribution in [-0.2, 0) is 10.0 Å². The molecule has 0 radical (unpaired) electrons. The van der Waals surface area contributed by atoms with Crippen molar-refractivity contribution < 1.29 is 17.9 Å². The van der Waals surface area contributed by atoms with Crippen molar-refractivity contribution in [1.29, 1.82) is 0 Å². The molecule has 0 heterocycles. The number of methoxy groups -OCH3 is 1. The lowest BCUT2D eigenvalue weighted by Crippen LogP contribution is -2.34. The second kappa shape index (κ2) is 10.8. The Morgan fingerprint density at radius 1 is 1.03 bits per heavy atom. The molecule has 0 aliphatic heterocycles. The van der Waals surface area contributed by atoms with Crippen LogP contribution >= 0.6 is 15.9 Å². The van der Waals surface area contributed by atoms with Gasteiger partial charge in [0.05, 0.1) is 18.0 Å². The number of anilines is 1. The fraction of sp³-hybridized carbons (Fsp3) is 0.208. The van der Waals surface area contributed by atoms with Crippen molar-refractivity contribution in [2.75, 3.05) is 32.5 Å². The van der Waals surface area contributed by atoms with E-state index in [1.165, 1.54) is 12.1 Å². The minimum atomic E-state index is -3.84. The van der Waals surface area contributed by atoms with Gasteiger partial charge in [-0.2, -0.15) is 0 Å². The number of likely N-dealkylation sites (N-methyl/N-ethyl adjacent to an activating group) is 1. The first-order valence-electron chi connectivity index (χ1n) is 10.2. The summed E-state index contributed by atoms with van der Waals surface area (Å²) in [6.07, 6.45) is 0. The number of ether oxygens (including phenoxy) is 1. The minimum Gasteiger partial charge on any atom is -0.497 e. The number of nitrogens with zero attached hydrogens (tertiary/aromatic N) is 1. The van der Waals surface area contributed by atoms with Gasteiger partial charge in [0, 0.05) is 22.3 Å². The maximum absolute atomic E-state index is 12.8. The summed E-state index contributed by atoms with van der Waals surface area (Å²) in [4.78, 5) is 14.8. The molecule has 0 saturated carbocycles. The van der Waals surface area contributed by atoms with Gasteiger partial charge in [-0.15, -0.1) is 0 Å². The van der Waals surface area contributed by atoms with E-state index in [9.17, 15) is 13.2 Å². The zero-order chi connectivity index (χ0) is 24.0. The number of nitrogens with one attached hydrogen (secondary N) is 2. The van der Waals surface area contributed by atoms with Crippen LogP contribution in [-0.4, -0.2) is 47.0 Å². The third-order valence-electron chi connectivity index (χ3n) is 5.08. The molecular formula is C24H26BrN3O4S. The molecule has 0 spiro atoms. The van der Waals surface area contributed by atoms with Crippen LogP contribution in [0, 0.1) is 0 Å². The summed E-state index contributed by atoms with van der Waals surface area (Å²) < 4.78 is 34.1. The van der Waals surface area contributed by atoms with Gasteiger partial charge >= 0.3 is 0 Å². The Hall–Kier alpha value is -2.88. The maximum atomic E-state index is 12.8. The molecule has 7 nitrogen and oxygen atoms in total. The maximum Gasteiger partial charge on any atom is 0.261 e. The van der Waals surface area contributed by atoms with Crippen LogP contribution in [0.15, 0.2) is 82.2 Å². The monoisotopic (exact) mass is 531 g/mol. The van der Waals surface area contributed by atoms with Crippen LogP contribution in [0.3, 0.4) is 0 Å². The smallest absolute Gasteiger partial charge is 0.261 e. The number of carbonyl (C=O) groups excluding carboxylic acids is 1. The second-order valence-corrected chi connectivity index (χ2v) is 10.2. The molecule has 1 atom stereocenters. The first kappa shape index (κ1) is 24.8. The molecule has 174 valence electrons. The normalized spacial score (nSPS) is 12.3. The molecule has 3 aromatic rings. The van der Waals surface area contributed by atoms with Gasteiger partial charge in [0.1, 0.15) is 5.75 Å². The summed E-state index contributed by atoms with van der Waals surface area (Å²) in [5, 5.41) is 2.91. The fourth-order valence-electron chi connectivity index (χ4n) is 3.25. The van der Waals surface area contributed by atoms with Crippen molar-refractivity contribution >= 4 is 37.5 Å². The molecule has 0 aliphatic rings. The Morgan fingerprint density at radius 2 is 1.70 bits per heavy atom. The van der Waals surface area contributed by atoms with Crippen molar-refractivity contribution in [1.82, 2.24) is 10.2 Å². The Bertz CT molecular complexity index is 1200. The van der Waals surface area contributed by atoms with E-state index in [1.807, 2.05) is 43.3 Å². The lowest BCUT2D eigenvalue weighted by Gasteiger charge is -2.25. The fourth-order valence-corrected chi connectivity index (χ4v) is 4.62. The molecule has 3 rings (SSSR count). The Balaban J connectivity index is 1.72. The predicted molar refractivity (Wildman–Crippen MR) is 133 cm³/mol. The highest BCUT2D eigenvalue weighted by Crippen LogP contribution is 2.22. The van der Waals surface area contributed by atoms with Crippen molar-refractivity contribution in [2.24, 2.45) is 0 Å². The second-order valence-electron chi connectivity index (χ2n) is 7.60. The minimum absolute atomic E-state index is 0.0115. The van der Waals surface area contributed by atoms with Crippen LogP contribution in [0.25, 0.3) is 0 Å². The van der Waals surface area contributed by atoms with E-state index < -0.39 is 10.0 Å². The summed E-state index contributed by atoms with van der Waals surface area (Å²) in [5.74, 6) is 0.408. The van der Waals surface area contributed by atoms with Crippen molar-refractivity contribution in [2.45, 2.75) is 10.9 Å². The van der Waals surface area contributed by atoms with Gasteiger partial charge in [-0.05, 0) is 74.3 Å². The lowest BCUT2D eigenvalue weighted by atomic mass is 10.1. The number of hydrogen-bond donors (Lipinski definition) is 2. The van der Waals surface area contributed by atoms with Gasteiger partial charge < -0.3 is 15.0 Å². The highest BCUT2D eigenvalue weighted by Gasteiger charge is 2.19. The number of halogens is 1. The van der Waals surface area contributed by atoms with E-state index in [4.69, 9.17) is 4.74 Å². The van der Waals surface area contributed by atoms with E-state index in [1.54, 1.807) is 43.5 Å². The number of carbonyl (C=O) groups is 1. The third-order valence-corrected chi connectivity index (χ3v) is 6.99. The van der Waals surface area contributed by atoms with Crippen LogP contribution in [0.1, 0.15) is 22.0 Å². The van der Waals surface area contributed by atoms with Crippen LogP contribution in [0.2, 0.25) is 0 Å². The molecule has 3 aromatic carbocycles. The lowest BCUT2D eigenvalue weighted by molar-refractivity contribution is 0.0941. The first-order chi connectivity index (χ1) is 15.7. The molecule has 0 aliphatic carbocycles. The zero-order valence-electron chi connectivity index (χ0n) is 18.6. The summed E-state index contributed by atoms with van der Waals surface area (Å²) in [6, 6.07) is 20.4. The Labute approximate surface area is 202 Å². The summed E-state index contributed by atoms with van der Waals surface area (Å²) in [5.41, 5.74) is 1.72. The zero-order valence-corrected chi connectivity index (χ0v) is 21.0. The summed E-state index contributed by atoms with van der Waals surface area (Å²) in [7, 11) is 1.64. The summed E-state index contributed by atoms with van der Waals surface area (Å²) in [6.45, 7) is 0.353. The van der Waals surface area contributed by atoms with Gasteiger partial charge in [-0.1, -0.05) is 34.1 Å². The largest absolute Gasteiger partial charge is 0.497 e. The molecule has 33 heavy (non-hydrogen) atoms. The number of amides is 1. The van der Waals surface area contributed by atoms with Gasteiger partial charge in [0.15, 0.2) is 0 Å². The molecule has 1 amide bonds.